The van der Waals surface area contributed by atoms with Crippen LogP contribution in [0.25, 0.3) is 11.2 Å². The predicted molar refractivity (Wildman–Crippen MR) is 115 cm³/mol. The summed E-state index contributed by atoms with van der Waals surface area (Å²) < 4.78 is 7.08. The Morgan fingerprint density at radius 3 is 2.55 bits per heavy atom. The van der Waals surface area contributed by atoms with Crippen molar-refractivity contribution in [1.82, 2.24) is 19.5 Å². The van der Waals surface area contributed by atoms with Crippen LogP contribution in [0.1, 0.15) is 69.8 Å². The lowest BCUT2D eigenvalue weighted by Gasteiger charge is -2.18. The lowest BCUT2D eigenvalue weighted by molar-refractivity contribution is -0.0511. The first-order valence-corrected chi connectivity index (χ1v) is 11.2. The second kappa shape index (κ2) is 9.92. The number of hydrogen-bond donors (Lipinski definition) is 4. The van der Waals surface area contributed by atoms with Gasteiger partial charge in [-0.1, -0.05) is 50.9 Å². The number of nitrogens with zero attached hydrogens (tertiary/aromatic N) is 4. The van der Waals surface area contributed by atoms with Gasteiger partial charge in [0.2, 0.25) is 5.82 Å². The summed E-state index contributed by atoms with van der Waals surface area (Å²) >= 11 is 0. The zero-order chi connectivity index (χ0) is 21.8. The molecule has 1 saturated carbocycles. The second-order valence-electron chi connectivity index (χ2n) is 8.54. The van der Waals surface area contributed by atoms with E-state index in [9.17, 15) is 15.3 Å². The van der Waals surface area contributed by atoms with E-state index in [1.165, 1.54) is 55.8 Å². The highest BCUT2D eigenvalue weighted by Crippen LogP contribution is 2.32. The van der Waals surface area contributed by atoms with Gasteiger partial charge in [-0.2, -0.15) is 0 Å². The van der Waals surface area contributed by atoms with Crippen molar-refractivity contribution in [2.45, 2.75) is 82.3 Å². The van der Waals surface area contributed by atoms with Crippen molar-refractivity contribution in [2.24, 2.45) is 5.92 Å². The molecule has 0 unspecified atom stereocenters. The molecule has 0 bridgehead atoms. The molecule has 4 atom stereocenters. The summed E-state index contributed by atoms with van der Waals surface area (Å²) in [7, 11) is 0. The Morgan fingerprint density at radius 2 is 1.84 bits per heavy atom. The van der Waals surface area contributed by atoms with Crippen molar-refractivity contribution in [2.75, 3.05) is 12.3 Å². The van der Waals surface area contributed by atoms with Crippen LogP contribution in [0.4, 0.5) is 5.82 Å². The van der Waals surface area contributed by atoms with E-state index in [4.69, 9.17) is 10.5 Å². The van der Waals surface area contributed by atoms with Crippen LogP contribution in [-0.4, -0.2) is 59.8 Å². The summed E-state index contributed by atoms with van der Waals surface area (Å²) in [5, 5.41) is 29.7. The fraction of sp³-hybridized carbons (Fsp3) is 0.682. The molecule has 1 aliphatic heterocycles. The van der Waals surface area contributed by atoms with E-state index in [1.807, 2.05) is 0 Å². The molecule has 0 spiro atoms. The lowest BCUT2D eigenvalue weighted by atomic mass is 9.88. The molecule has 1 aliphatic carbocycles. The molecule has 0 amide bonds. The average Bonchev–Trinajstić information content (AvgIpc) is 3.28. The Bertz CT molecular complexity index is 945. The molecule has 2 aromatic rings. The highest BCUT2D eigenvalue weighted by Gasteiger charge is 2.44. The normalized spacial score (nSPS) is 27.6. The van der Waals surface area contributed by atoms with Crippen molar-refractivity contribution in [1.29, 1.82) is 0 Å². The third-order valence-corrected chi connectivity index (χ3v) is 6.34. The van der Waals surface area contributed by atoms with Gasteiger partial charge in [0, 0.05) is 6.42 Å². The number of ether oxygens (including phenoxy) is 1. The van der Waals surface area contributed by atoms with Crippen molar-refractivity contribution in [3.05, 3.63) is 12.2 Å². The van der Waals surface area contributed by atoms with E-state index in [1.54, 1.807) is 0 Å². The standard InChI is InChI=1S/C22H31N5O4/c23-20-17-21(27(13-24-17)22-19(30)18(29)15(12-28)31-22)26-16(25-20)11-7-6-10-14-8-4-2-1-3-5-9-14/h13-15,18-19,22,28-30H,1-6,8-10,12H2,(H2,23,25,26)/t15-,18-,19-,22-/m1/s1. The van der Waals surface area contributed by atoms with Crippen LogP contribution in [-0.2, 0) is 4.74 Å². The Balaban J connectivity index is 1.49. The lowest BCUT2D eigenvalue weighted by Crippen LogP contribution is -2.33. The van der Waals surface area contributed by atoms with Crippen molar-refractivity contribution < 1.29 is 20.1 Å². The number of fused-ring (bicyclic) bond motifs is 1. The van der Waals surface area contributed by atoms with Crippen LogP contribution in [0.2, 0.25) is 0 Å². The molecule has 9 heteroatoms. The molecular formula is C22H31N5O4. The van der Waals surface area contributed by atoms with Crippen LogP contribution >= 0.6 is 0 Å². The maximum atomic E-state index is 10.3. The molecule has 0 aromatic carbocycles. The van der Waals surface area contributed by atoms with Crippen LogP contribution in [0.3, 0.4) is 0 Å². The van der Waals surface area contributed by atoms with Gasteiger partial charge >= 0.3 is 0 Å². The SMILES string of the molecule is Nc1nc(C#CCCC2CCCCCCC2)nc2c1ncn2[C@@H]1O[C@H](CO)[C@@H](O)[C@H]1O. The molecule has 5 N–H and O–H groups in total. The number of aliphatic hydroxyl groups excluding tert-OH is 3. The summed E-state index contributed by atoms with van der Waals surface area (Å²) in [6.45, 7) is -0.407. The van der Waals surface area contributed by atoms with Crippen LogP contribution < -0.4 is 5.73 Å². The van der Waals surface area contributed by atoms with Gasteiger partial charge in [-0.05, 0) is 18.3 Å². The maximum Gasteiger partial charge on any atom is 0.208 e. The van der Waals surface area contributed by atoms with Crippen molar-refractivity contribution in [3.8, 4) is 11.8 Å². The Labute approximate surface area is 181 Å². The van der Waals surface area contributed by atoms with Gasteiger partial charge in [-0.15, -0.1) is 0 Å². The minimum absolute atomic E-state index is 0.194. The number of aromatic nitrogens is 4. The molecule has 2 fully saturated rings. The van der Waals surface area contributed by atoms with E-state index in [0.717, 1.165) is 18.8 Å². The fourth-order valence-electron chi connectivity index (χ4n) is 4.54. The number of aliphatic hydroxyl groups is 3. The number of nitrogens with two attached hydrogens (primary N) is 1. The van der Waals surface area contributed by atoms with Gasteiger partial charge in [0.05, 0.1) is 12.9 Å². The number of anilines is 1. The van der Waals surface area contributed by atoms with E-state index in [2.05, 4.69) is 26.8 Å². The summed E-state index contributed by atoms with van der Waals surface area (Å²) in [5.74, 6) is 7.41. The third-order valence-electron chi connectivity index (χ3n) is 6.34. The van der Waals surface area contributed by atoms with Gasteiger partial charge in [0.25, 0.3) is 0 Å². The van der Waals surface area contributed by atoms with Gasteiger partial charge in [0.15, 0.2) is 17.7 Å². The molecule has 31 heavy (non-hydrogen) atoms. The number of nitrogen functional groups attached to an aromatic ring is 1. The molecule has 168 valence electrons. The maximum absolute atomic E-state index is 10.3. The third kappa shape index (κ3) is 4.83. The highest BCUT2D eigenvalue weighted by molar-refractivity contribution is 5.82. The molecule has 4 rings (SSSR count). The summed E-state index contributed by atoms with van der Waals surface area (Å²) in [6, 6.07) is 0. The second-order valence-corrected chi connectivity index (χ2v) is 8.54. The summed E-state index contributed by atoms with van der Waals surface area (Å²) in [6.07, 6.45) is 8.33. The first-order valence-electron chi connectivity index (χ1n) is 11.2. The molecule has 2 aliphatic rings. The summed E-state index contributed by atoms with van der Waals surface area (Å²) in [4.78, 5) is 12.9. The van der Waals surface area contributed by atoms with Gasteiger partial charge in [-0.25, -0.2) is 15.0 Å². The Kier molecular flexibility index (Phi) is 7.02. The number of rotatable bonds is 4. The van der Waals surface area contributed by atoms with Gasteiger partial charge in [-0.3, -0.25) is 4.57 Å². The Hall–Kier alpha value is -2.25. The van der Waals surface area contributed by atoms with Gasteiger partial charge in [0.1, 0.15) is 23.8 Å². The van der Waals surface area contributed by atoms with Crippen LogP contribution in [0.15, 0.2) is 6.33 Å². The molecule has 1 saturated heterocycles. The smallest absolute Gasteiger partial charge is 0.208 e. The van der Waals surface area contributed by atoms with E-state index < -0.39 is 31.1 Å². The molecule has 2 aromatic heterocycles. The van der Waals surface area contributed by atoms with Crippen molar-refractivity contribution in [3.63, 3.8) is 0 Å². The van der Waals surface area contributed by atoms with Crippen LogP contribution in [0, 0.1) is 17.8 Å². The monoisotopic (exact) mass is 429 g/mol. The highest BCUT2D eigenvalue weighted by atomic mass is 16.6. The topological polar surface area (TPSA) is 140 Å². The largest absolute Gasteiger partial charge is 0.394 e. The van der Waals surface area contributed by atoms with E-state index >= 15 is 0 Å². The quantitative estimate of drug-likeness (QED) is 0.536. The average molecular weight is 430 g/mol. The predicted octanol–water partition coefficient (Wildman–Crippen LogP) is 1.51. The van der Waals surface area contributed by atoms with Gasteiger partial charge < -0.3 is 25.8 Å². The zero-order valence-electron chi connectivity index (χ0n) is 17.7. The molecule has 0 radical (unpaired) electrons. The zero-order valence-corrected chi connectivity index (χ0v) is 17.7. The van der Waals surface area contributed by atoms with E-state index in [0.29, 0.717) is 11.2 Å². The first kappa shape index (κ1) is 22.0. The minimum atomic E-state index is -1.23. The Morgan fingerprint density at radius 1 is 1.10 bits per heavy atom. The molecule has 3 heterocycles. The van der Waals surface area contributed by atoms with Crippen LogP contribution in [0.5, 0.6) is 0 Å². The fourth-order valence-corrected chi connectivity index (χ4v) is 4.54. The minimum Gasteiger partial charge on any atom is -0.394 e. The number of imidazole rings is 1. The molecule has 9 nitrogen and oxygen atoms in total. The van der Waals surface area contributed by atoms with Crippen molar-refractivity contribution >= 4 is 17.0 Å². The molecular weight excluding hydrogens is 398 g/mol. The summed E-state index contributed by atoms with van der Waals surface area (Å²) in [5.41, 5.74) is 6.79. The number of hydrogen-bond acceptors (Lipinski definition) is 8. The first-order chi connectivity index (χ1) is 15.1. The van der Waals surface area contributed by atoms with E-state index in [-0.39, 0.29) is 11.6 Å².